The molecule has 0 heterocycles. The van der Waals surface area contributed by atoms with Gasteiger partial charge in [0, 0.05) is 6.54 Å². The summed E-state index contributed by atoms with van der Waals surface area (Å²) in [6.45, 7) is 24.2. The largest absolute Gasteiger partial charge is 0.465 e. The number of carbonyl (C=O) groups excluding carboxylic acids is 1. The summed E-state index contributed by atoms with van der Waals surface area (Å²) in [4.78, 5) is 13.0. The molecule has 13 nitrogen and oxygen atoms in total. The van der Waals surface area contributed by atoms with Gasteiger partial charge in [-0.05, 0) is 148 Å². The predicted molar refractivity (Wildman–Crippen MR) is 205 cm³/mol. The molecule has 0 saturated carbocycles. The third-order valence-electron chi connectivity index (χ3n) is 8.52. The van der Waals surface area contributed by atoms with E-state index in [9.17, 15) is 4.79 Å². The molecule has 12 N–H and O–H groups in total. The van der Waals surface area contributed by atoms with Crippen LogP contribution in [-0.2, 0) is 19.0 Å². The van der Waals surface area contributed by atoms with Crippen molar-refractivity contribution < 1.29 is 19.0 Å². The maximum absolute atomic E-state index is 13.0. The van der Waals surface area contributed by atoms with E-state index in [2.05, 4.69) is 52.7 Å². The zero-order chi connectivity index (χ0) is 36.3. The molecule has 49 heavy (non-hydrogen) atoms. The van der Waals surface area contributed by atoms with Crippen molar-refractivity contribution in [3.8, 4) is 0 Å². The van der Waals surface area contributed by atoms with Gasteiger partial charge in [-0.1, -0.05) is 27.7 Å². The maximum Gasteiger partial charge on any atom is 0.309 e. The van der Waals surface area contributed by atoms with Gasteiger partial charge in [-0.25, -0.2) is 0 Å². The van der Waals surface area contributed by atoms with E-state index in [1.165, 1.54) is 0 Å². The van der Waals surface area contributed by atoms with Crippen LogP contribution in [0.25, 0.3) is 0 Å². The number of carbonyl (C=O) groups is 1. The van der Waals surface area contributed by atoms with Crippen molar-refractivity contribution in [1.29, 1.82) is 0 Å². The minimum absolute atomic E-state index is 0.184. The molecule has 13 heteroatoms. The molecular weight excluding hydrogens is 622 g/mol. The molecule has 0 amide bonds. The SMILES string of the molecule is CCC(COCC(C)CNCCCNCCCN)(COCC(C)CNCCCNCCCN)COC(=O)C(C)CNCCCNCCCN. The molecule has 0 aromatic carbocycles. The molecule has 3 atom stereocenters. The second kappa shape index (κ2) is 35.4. The highest BCUT2D eigenvalue weighted by molar-refractivity contribution is 5.72. The Morgan fingerprint density at radius 3 is 1.31 bits per heavy atom. The first-order valence-electron chi connectivity index (χ1n) is 19.5. The summed E-state index contributed by atoms with van der Waals surface area (Å²) < 4.78 is 18.5. The number of nitrogens with two attached hydrogens (primary N) is 3. The van der Waals surface area contributed by atoms with Gasteiger partial charge < -0.3 is 63.3 Å². The van der Waals surface area contributed by atoms with Crippen LogP contribution in [0, 0.1) is 23.2 Å². The Morgan fingerprint density at radius 2 is 0.918 bits per heavy atom. The van der Waals surface area contributed by atoms with E-state index in [1.54, 1.807) is 0 Å². The van der Waals surface area contributed by atoms with E-state index in [-0.39, 0.29) is 18.5 Å². The van der Waals surface area contributed by atoms with E-state index in [4.69, 9.17) is 31.4 Å². The fraction of sp³-hybridized carbons (Fsp3) is 0.972. The summed E-state index contributed by atoms with van der Waals surface area (Å²) in [7, 11) is 0. The number of ether oxygens (including phenoxy) is 3. The molecule has 0 rings (SSSR count). The monoisotopic (exact) mass is 704 g/mol. The molecule has 0 aliphatic carbocycles. The van der Waals surface area contributed by atoms with Crippen LogP contribution in [-0.4, -0.2) is 137 Å². The summed E-state index contributed by atoms with van der Waals surface area (Å²) in [5.74, 6) is 0.321. The lowest BCUT2D eigenvalue weighted by Gasteiger charge is -2.33. The number of hydrogen-bond donors (Lipinski definition) is 9. The summed E-state index contributed by atoms with van der Waals surface area (Å²) in [5, 5.41) is 20.7. The minimum atomic E-state index is -0.400. The second-order valence-corrected chi connectivity index (χ2v) is 14.0. The Bertz CT molecular complexity index is 679. The lowest BCUT2D eigenvalue weighted by atomic mass is 9.87. The molecule has 0 saturated heterocycles. The van der Waals surface area contributed by atoms with Gasteiger partial charge in [0.1, 0.15) is 6.61 Å². The van der Waals surface area contributed by atoms with Gasteiger partial charge in [0.05, 0.1) is 37.8 Å². The Kier molecular flexibility index (Phi) is 34.7. The highest BCUT2D eigenvalue weighted by Crippen LogP contribution is 2.25. The van der Waals surface area contributed by atoms with Crippen LogP contribution in [0.2, 0.25) is 0 Å². The number of nitrogens with one attached hydrogen (secondary N) is 6. The highest BCUT2D eigenvalue weighted by atomic mass is 16.5. The first-order chi connectivity index (χ1) is 23.8. The van der Waals surface area contributed by atoms with Gasteiger partial charge in [-0.3, -0.25) is 4.79 Å². The molecule has 0 aromatic rings. The smallest absolute Gasteiger partial charge is 0.309 e. The van der Waals surface area contributed by atoms with E-state index >= 15 is 0 Å². The number of rotatable bonds is 39. The Labute approximate surface area is 300 Å². The molecule has 0 spiro atoms. The average Bonchev–Trinajstić information content (AvgIpc) is 3.10. The van der Waals surface area contributed by atoms with Crippen LogP contribution in [0.3, 0.4) is 0 Å². The quantitative estimate of drug-likeness (QED) is 0.0320. The lowest BCUT2D eigenvalue weighted by molar-refractivity contribution is -0.156. The molecule has 294 valence electrons. The summed E-state index contributed by atoms with van der Waals surface area (Å²) >= 11 is 0. The van der Waals surface area contributed by atoms with Gasteiger partial charge in [0.15, 0.2) is 0 Å². The predicted octanol–water partition coefficient (Wildman–Crippen LogP) is 0.622. The van der Waals surface area contributed by atoms with Crippen molar-refractivity contribution in [1.82, 2.24) is 31.9 Å². The molecular formula is C36H81N9O4. The van der Waals surface area contributed by atoms with Crippen LogP contribution in [0.15, 0.2) is 0 Å². The van der Waals surface area contributed by atoms with Crippen molar-refractivity contribution in [2.45, 2.75) is 72.6 Å². The molecule has 0 radical (unpaired) electrons. The fourth-order valence-electron chi connectivity index (χ4n) is 5.04. The van der Waals surface area contributed by atoms with Crippen LogP contribution in [0.4, 0.5) is 0 Å². The molecule has 0 bridgehead atoms. The van der Waals surface area contributed by atoms with Crippen LogP contribution < -0.4 is 49.1 Å². The first kappa shape index (κ1) is 48.0. The molecule has 0 aliphatic heterocycles. The van der Waals surface area contributed by atoms with Crippen molar-refractivity contribution in [2.24, 2.45) is 40.4 Å². The normalized spacial score (nSPS) is 14.8. The van der Waals surface area contributed by atoms with Gasteiger partial charge in [-0.15, -0.1) is 0 Å². The van der Waals surface area contributed by atoms with Crippen molar-refractivity contribution >= 4 is 5.97 Å². The third-order valence-corrected chi connectivity index (χ3v) is 8.52. The van der Waals surface area contributed by atoms with Crippen LogP contribution in [0.5, 0.6) is 0 Å². The van der Waals surface area contributed by atoms with Gasteiger partial charge in [0.2, 0.25) is 0 Å². The third kappa shape index (κ3) is 30.4. The minimum Gasteiger partial charge on any atom is -0.465 e. The van der Waals surface area contributed by atoms with Gasteiger partial charge >= 0.3 is 5.97 Å². The van der Waals surface area contributed by atoms with E-state index in [0.717, 1.165) is 130 Å². The Hall–Kier alpha value is -0.970. The zero-order valence-corrected chi connectivity index (χ0v) is 32.2. The van der Waals surface area contributed by atoms with Crippen molar-refractivity contribution in [2.75, 3.05) is 131 Å². The maximum atomic E-state index is 13.0. The zero-order valence-electron chi connectivity index (χ0n) is 32.2. The van der Waals surface area contributed by atoms with Gasteiger partial charge in [0.25, 0.3) is 0 Å². The van der Waals surface area contributed by atoms with Crippen molar-refractivity contribution in [3.05, 3.63) is 0 Å². The fourth-order valence-corrected chi connectivity index (χ4v) is 5.04. The number of hydrogen-bond acceptors (Lipinski definition) is 13. The van der Waals surface area contributed by atoms with E-state index in [0.29, 0.717) is 51.4 Å². The summed E-state index contributed by atoms with van der Waals surface area (Å²) in [5.41, 5.74) is 16.2. The summed E-state index contributed by atoms with van der Waals surface area (Å²) in [6, 6.07) is 0. The molecule has 0 aliphatic rings. The van der Waals surface area contributed by atoms with Crippen LogP contribution in [0.1, 0.15) is 72.6 Å². The topological polar surface area (TPSA) is 195 Å². The van der Waals surface area contributed by atoms with Gasteiger partial charge in [-0.2, -0.15) is 0 Å². The first-order valence-corrected chi connectivity index (χ1v) is 19.5. The lowest BCUT2D eigenvalue weighted by Crippen LogP contribution is -2.40. The summed E-state index contributed by atoms with van der Waals surface area (Å²) in [6.07, 6.45) is 6.98. The standard InChI is InChI=1S/C36H81N9O4/c1-5-36(29-47-27-32(2)24-43-21-9-18-40-15-6-12-37,30-48-28-33(3)25-44-22-10-19-41-16-7-13-38)31-49-35(46)34(4)26-45-23-11-20-42-17-8-14-39/h32-34,40-45H,5-31,37-39H2,1-4H3. The Balaban J connectivity index is 4.73. The van der Waals surface area contributed by atoms with Crippen molar-refractivity contribution in [3.63, 3.8) is 0 Å². The highest BCUT2D eigenvalue weighted by Gasteiger charge is 2.32. The molecule has 0 aromatic heterocycles. The van der Waals surface area contributed by atoms with E-state index < -0.39 is 5.41 Å². The molecule has 3 unspecified atom stereocenters. The average molecular weight is 704 g/mol. The van der Waals surface area contributed by atoms with E-state index in [1.807, 2.05) is 6.92 Å². The Morgan fingerprint density at radius 1 is 0.551 bits per heavy atom. The second-order valence-electron chi connectivity index (χ2n) is 14.0. The number of esters is 1. The molecule has 0 fully saturated rings. The van der Waals surface area contributed by atoms with Crippen LogP contribution >= 0.6 is 0 Å².